The number of benzene rings is 1. The van der Waals surface area contributed by atoms with Crippen molar-refractivity contribution in [3.05, 3.63) is 46.3 Å². The Morgan fingerprint density at radius 1 is 1.41 bits per heavy atom. The van der Waals surface area contributed by atoms with E-state index >= 15 is 0 Å². The van der Waals surface area contributed by atoms with Crippen molar-refractivity contribution in [3.63, 3.8) is 0 Å². The molecule has 0 aliphatic carbocycles. The molecule has 0 saturated carbocycles. The monoisotopic (exact) mass is 374 g/mol. The van der Waals surface area contributed by atoms with E-state index in [2.05, 4.69) is 27.2 Å². The van der Waals surface area contributed by atoms with Crippen molar-refractivity contribution in [2.45, 2.75) is 26.1 Å². The van der Waals surface area contributed by atoms with Crippen LogP contribution in [-0.2, 0) is 9.53 Å². The number of Topliss-reactive ketones (excluding diaryl/α,β-unsaturated/α-hetero) is 1. The summed E-state index contributed by atoms with van der Waals surface area (Å²) in [6.45, 7) is 3.47. The number of ether oxygens (including phenoxy) is 2. The van der Waals surface area contributed by atoms with Crippen LogP contribution in [0.4, 0.5) is 8.78 Å². The van der Waals surface area contributed by atoms with Crippen LogP contribution in [0.2, 0.25) is 0 Å². The molecule has 22 heavy (non-hydrogen) atoms. The lowest BCUT2D eigenvalue weighted by Gasteiger charge is -2.32. The van der Waals surface area contributed by atoms with Crippen molar-refractivity contribution in [2.24, 2.45) is 0 Å². The van der Waals surface area contributed by atoms with E-state index < -0.39 is 23.8 Å². The van der Waals surface area contributed by atoms with Gasteiger partial charge in [-0.2, -0.15) is 8.78 Å². The number of hydrogen-bond donors (Lipinski definition) is 1. The van der Waals surface area contributed by atoms with E-state index in [1.54, 1.807) is 0 Å². The smallest absolute Gasteiger partial charge is 0.387 e. The Balaban J connectivity index is 2.67. The van der Waals surface area contributed by atoms with Crippen LogP contribution in [0.25, 0.3) is 5.57 Å². The third-order valence-corrected chi connectivity index (χ3v) is 3.57. The van der Waals surface area contributed by atoms with Gasteiger partial charge in [0.05, 0.1) is 5.57 Å². The fraction of sp³-hybridized carbons (Fsp3) is 0.267. The summed E-state index contributed by atoms with van der Waals surface area (Å²) < 4.78 is 35.3. The summed E-state index contributed by atoms with van der Waals surface area (Å²) in [4.78, 5) is 12.5. The highest BCUT2D eigenvalue weighted by Crippen LogP contribution is 2.40. The molecule has 1 N–H and O–H groups in total. The number of carbonyl (C=O) groups is 1. The molecule has 0 spiro atoms. The minimum Gasteiger partial charge on any atom is -0.504 e. The number of aliphatic hydroxyl groups is 1. The van der Waals surface area contributed by atoms with Crippen LogP contribution in [0, 0.1) is 0 Å². The van der Waals surface area contributed by atoms with Crippen molar-refractivity contribution in [3.8, 4) is 5.75 Å². The number of alkyl halides is 2. The van der Waals surface area contributed by atoms with Gasteiger partial charge in [-0.25, -0.2) is 0 Å². The lowest BCUT2D eigenvalue weighted by atomic mass is 9.87. The molecule has 2 rings (SSSR count). The van der Waals surface area contributed by atoms with E-state index in [0.717, 1.165) is 0 Å². The Hall–Kier alpha value is -1.89. The standard InChI is InChI=1S/C15H13BrF2O4/c1-7-12(19)11(13(20)15(2,3)22-7)9-6-8(16)4-5-10(9)21-14(17)18/h4-6,14,19H,1H2,2-3H3. The van der Waals surface area contributed by atoms with E-state index in [-0.39, 0.29) is 22.6 Å². The van der Waals surface area contributed by atoms with Crippen molar-refractivity contribution in [1.29, 1.82) is 0 Å². The molecular weight excluding hydrogens is 362 g/mol. The Kier molecular flexibility index (Phi) is 4.28. The first kappa shape index (κ1) is 16.5. The largest absolute Gasteiger partial charge is 0.504 e. The Bertz CT molecular complexity index is 680. The van der Waals surface area contributed by atoms with Crippen LogP contribution in [0.5, 0.6) is 5.75 Å². The van der Waals surface area contributed by atoms with Gasteiger partial charge < -0.3 is 14.6 Å². The van der Waals surface area contributed by atoms with Gasteiger partial charge in [-0.15, -0.1) is 0 Å². The number of hydrogen-bond acceptors (Lipinski definition) is 4. The molecule has 1 aromatic carbocycles. The Labute approximate surface area is 134 Å². The second kappa shape index (κ2) is 5.72. The summed E-state index contributed by atoms with van der Waals surface area (Å²) in [5, 5.41) is 10.1. The van der Waals surface area contributed by atoms with E-state index in [4.69, 9.17) is 4.74 Å². The molecule has 0 saturated heterocycles. The lowest BCUT2D eigenvalue weighted by molar-refractivity contribution is -0.131. The lowest BCUT2D eigenvalue weighted by Crippen LogP contribution is -2.39. The van der Waals surface area contributed by atoms with Crippen LogP contribution in [0.1, 0.15) is 19.4 Å². The van der Waals surface area contributed by atoms with E-state index in [1.165, 1.54) is 32.0 Å². The molecule has 0 fully saturated rings. The summed E-state index contributed by atoms with van der Waals surface area (Å²) in [6, 6.07) is 4.18. The molecule has 0 bridgehead atoms. The SMILES string of the molecule is C=C1OC(C)(C)C(=O)C(c2cc(Br)ccc2OC(F)F)=C1O. The molecule has 0 unspecified atom stereocenters. The minimum absolute atomic E-state index is 0.0368. The molecule has 0 amide bonds. The first-order chi connectivity index (χ1) is 10.1. The highest BCUT2D eigenvalue weighted by Gasteiger charge is 2.41. The predicted molar refractivity (Wildman–Crippen MR) is 79.6 cm³/mol. The minimum atomic E-state index is -3.06. The molecule has 0 radical (unpaired) electrons. The third-order valence-electron chi connectivity index (χ3n) is 3.08. The van der Waals surface area contributed by atoms with Crippen LogP contribution in [0.15, 0.2) is 40.8 Å². The number of rotatable bonds is 3. The molecule has 1 aromatic rings. The molecule has 7 heteroatoms. The van der Waals surface area contributed by atoms with Gasteiger partial charge in [-0.3, -0.25) is 4.79 Å². The Morgan fingerprint density at radius 3 is 2.64 bits per heavy atom. The summed E-state index contributed by atoms with van der Waals surface area (Å²) in [5.41, 5.74) is -1.41. The predicted octanol–water partition coefficient (Wildman–Crippen LogP) is 4.21. The summed E-state index contributed by atoms with van der Waals surface area (Å²) in [5.74, 6) is -1.39. The van der Waals surface area contributed by atoms with Crippen molar-refractivity contribution in [1.82, 2.24) is 0 Å². The molecule has 1 aliphatic heterocycles. The van der Waals surface area contributed by atoms with Gasteiger partial charge in [0.1, 0.15) is 5.75 Å². The quantitative estimate of drug-likeness (QED) is 0.860. The van der Waals surface area contributed by atoms with Gasteiger partial charge in [0.15, 0.2) is 17.1 Å². The second-order valence-corrected chi connectivity index (χ2v) is 6.02. The zero-order valence-corrected chi connectivity index (χ0v) is 13.4. The van der Waals surface area contributed by atoms with Gasteiger partial charge in [-0.05, 0) is 32.0 Å². The molecule has 4 nitrogen and oxygen atoms in total. The van der Waals surface area contributed by atoms with Gasteiger partial charge in [0, 0.05) is 10.0 Å². The maximum Gasteiger partial charge on any atom is 0.387 e. The molecule has 1 aliphatic rings. The van der Waals surface area contributed by atoms with Crippen LogP contribution >= 0.6 is 15.9 Å². The third kappa shape index (κ3) is 2.99. The van der Waals surface area contributed by atoms with Crippen LogP contribution < -0.4 is 4.74 Å². The van der Waals surface area contributed by atoms with Crippen LogP contribution in [-0.4, -0.2) is 23.1 Å². The highest BCUT2D eigenvalue weighted by molar-refractivity contribution is 9.10. The summed E-state index contributed by atoms with van der Waals surface area (Å²) in [7, 11) is 0. The molecule has 0 atom stereocenters. The molecule has 118 valence electrons. The number of aliphatic hydroxyl groups excluding tert-OH is 1. The normalized spacial score (nSPS) is 17.7. The Morgan fingerprint density at radius 2 is 2.05 bits per heavy atom. The first-order valence-corrected chi connectivity index (χ1v) is 7.04. The van der Waals surface area contributed by atoms with Crippen molar-refractivity contribution >= 4 is 27.3 Å². The highest BCUT2D eigenvalue weighted by atomic mass is 79.9. The second-order valence-electron chi connectivity index (χ2n) is 5.11. The summed E-state index contributed by atoms with van der Waals surface area (Å²) >= 11 is 3.20. The van der Waals surface area contributed by atoms with Crippen molar-refractivity contribution < 1.29 is 28.2 Å². The molecule has 0 aromatic heterocycles. The van der Waals surface area contributed by atoms with E-state index in [9.17, 15) is 18.7 Å². The number of ketones is 1. The number of halogens is 3. The fourth-order valence-corrected chi connectivity index (χ4v) is 2.46. The summed E-state index contributed by atoms with van der Waals surface area (Å²) in [6.07, 6.45) is 0. The van der Waals surface area contributed by atoms with Gasteiger partial charge in [-0.1, -0.05) is 22.5 Å². The van der Waals surface area contributed by atoms with Gasteiger partial charge in [0.25, 0.3) is 0 Å². The van der Waals surface area contributed by atoms with Gasteiger partial charge in [0.2, 0.25) is 5.78 Å². The first-order valence-electron chi connectivity index (χ1n) is 6.24. The molecular formula is C15H13BrF2O4. The van der Waals surface area contributed by atoms with Gasteiger partial charge >= 0.3 is 6.61 Å². The zero-order valence-electron chi connectivity index (χ0n) is 11.8. The number of carbonyl (C=O) groups excluding carboxylic acids is 1. The molecule has 1 heterocycles. The maximum atomic E-state index is 12.6. The topological polar surface area (TPSA) is 55.8 Å². The average Bonchev–Trinajstić information content (AvgIpc) is 2.39. The fourth-order valence-electron chi connectivity index (χ4n) is 2.10. The average molecular weight is 375 g/mol. The van der Waals surface area contributed by atoms with Crippen molar-refractivity contribution in [2.75, 3.05) is 0 Å². The maximum absolute atomic E-state index is 12.6. The van der Waals surface area contributed by atoms with Crippen LogP contribution in [0.3, 0.4) is 0 Å². The van der Waals surface area contributed by atoms with E-state index in [1.807, 2.05) is 0 Å². The zero-order chi connectivity index (χ0) is 16.7. The van der Waals surface area contributed by atoms with E-state index in [0.29, 0.717) is 4.47 Å².